The number of nitrogens with zero attached hydrogens (tertiary/aromatic N) is 1. The number of benzene rings is 2. The summed E-state index contributed by atoms with van der Waals surface area (Å²) in [5, 5.41) is 10.3. The van der Waals surface area contributed by atoms with Crippen molar-refractivity contribution in [2.45, 2.75) is 0 Å². The van der Waals surface area contributed by atoms with Gasteiger partial charge >= 0.3 is 5.97 Å². The van der Waals surface area contributed by atoms with Gasteiger partial charge in [0, 0.05) is 10.5 Å². The van der Waals surface area contributed by atoms with Crippen LogP contribution in [0.25, 0.3) is 6.08 Å². The van der Waals surface area contributed by atoms with Crippen molar-refractivity contribution in [2.75, 3.05) is 7.11 Å². The molecule has 0 saturated carbocycles. The molecule has 0 aliphatic carbocycles. The molecule has 0 aliphatic rings. The zero-order valence-corrected chi connectivity index (χ0v) is 13.6. The maximum Gasteiger partial charge on any atom is 0.343 e. The van der Waals surface area contributed by atoms with Gasteiger partial charge in [-0.25, -0.2) is 4.79 Å². The molecule has 0 saturated heterocycles. The Morgan fingerprint density at radius 1 is 1.17 bits per heavy atom. The summed E-state index contributed by atoms with van der Waals surface area (Å²) in [6.45, 7) is 0. The van der Waals surface area contributed by atoms with E-state index in [1.165, 1.54) is 19.3 Å². The molecule has 2 aromatic carbocycles. The highest BCUT2D eigenvalue weighted by atomic mass is 79.9. The Labute approximate surface area is 140 Å². The van der Waals surface area contributed by atoms with Crippen LogP contribution >= 0.6 is 15.9 Å². The lowest BCUT2D eigenvalue weighted by Crippen LogP contribution is -2.09. The summed E-state index contributed by atoms with van der Waals surface area (Å²) < 4.78 is 11.3. The lowest BCUT2D eigenvalue weighted by Gasteiger charge is -2.10. The SMILES string of the molecule is COc1cc(/C=C/[N+](=O)[O-])ccc1OC(=O)c1ccc(Br)cc1. The molecule has 0 amide bonds. The van der Waals surface area contributed by atoms with Crippen LogP contribution in [0.3, 0.4) is 0 Å². The van der Waals surface area contributed by atoms with E-state index in [9.17, 15) is 14.9 Å². The highest BCUT2D eigenvalue weighted by Gasteiger charge is 2.12. The maximum atomic E-state index is 12.1. The van der Waals surface area contributed by atoms with Crippen molar-refractivity contribution in [3.63, 3.8) is 0 Å². The van der Waals surface area contributed by atoms with Gasteiger partial charge in [-0.05, 0) is 42.0 Å². The third-order valence-corrected chi connectivity index (χ3v) is 3.39. The largest absolute Gasteiger partial charge is 0.493 e. The van der Waals surface area contributed by atoms with Gasteiger partial charge in [0.25, 0.3) is 0 Å². The molecule has 118 valence electrons. The minimum atomic E-state index is -0.562. The highest BCUT2D eigenvalue weighted by molar-refractivity contribution is 9.10. The monoisotopic (exact) mass is 377 g/mol. The summed E-state index contributed by atoms with van der Waals surface area (Å²) in [5.41, 5.74) is 0.953. The fourth-order valence-electron chi connectivity index (χ4n) is 1.76. The molecule has 0 fully saturated rings. The normalized spacial score (nSPS) is 10.5. The van der Waals surface area contributed by atoms with Crippen LogP contribution in [0.2, 0.25) is 0 Å². The Bertz CT molecular complexity index is 756. The van der Waals surface area contributed by atoms with E-state index >= 15 is 0 Å². The van der Waals surface area contributed by atoms with Gasteiger partial charge in [0.2, 0.25) is 6.20 Å². The zero-order valence-electron chi connectivity index (χ0n) is 12.1. The van der Waals surface area contributed by atoms with Crippen LogP contribution in [0.5, 0.6) is 11.5 Å². The van der Waals surface area contributed by atoms with E-state index in [2.05, 4.69) is 15.9 Å². The lowest BCUT2D eigenvalue weighted by atomic mass is 10.2. The quantitative estimate of drug-likeness (QED) is 0.341. The number of esters is 1. The van der Waals surface area contributed by atoms with E-state index in [-0.39, 0.29) is 5.75 Å². The Hall–Kier alpha value is -2.67. The number of halogens is 1. The summed E-state index contributed by atoms with van der Waals surface area (Å²) in [4.78, 5) is 21.9. The Kier molecular flexibility index (Phi) is 5.48. The van der Waals surface area contributed by atoms with E-state index in [1.807, 2.05) is 0 Å². The van der Waals surface area contributed by atoms with E-state index < -0.39 is 10.9 Å². The third kappa shape index (κ3) is 4.65. The van der Waals surface area contributed by atoms with Gasteiger partial charge in [0.15, 0.2) is 11.5 Å². The predicted molar refractivity (Wildman–Crippen MR) is 88.1 cm³/mol. The minimum absolute atomic E-state index is 0.235. The number of carbonyl (C=O) groups excluding carboxylic acids is 1. The minimum Gasteiger partial charge on any atom is -0.493 e. The zero-order chi connectivity index (χ0) is 16.8. The number of methoxy groups -OCH3 is 1. The van der Waals surface area contributed by atoms with E-state index in [1.54, 1.807) is 36.4 Å². The molecule has 0 unspecified atom stereocenters. The molecular formula is C16H12BrNO5. The fourth-order valence-corrected chi connectivity index (χ4v) is 2.03. The van der Waals surface area contributed by atoms with Gasteiger partial charge in [-0.2, -0.15) is 0 Å². The molecule has 0 heterocycles. The van der Waals surface area contributed by atoms with Crippen molar-refractivity contribution >= 4 is 28.0 Å². The van der Waals surface area contributed by atoms with Gasteiger partial charge in [-0.3, -0.25) is 10.1 Å². The van der Waals surface area contributed by atoms with Crippen molar-refractivity contribution in [3.05, 3.63) is 74.4 Å². The number of carbonyl (C=O) groups is 1. The van der Waals surface area contributed by atoms with Gasteiger partial charge in [-0.1, -0.05) is 22.0 Å². The van der Waals surface area contributed by atoms with Crippen LogP contribution in [-0.4, -0.2) is 18.0 Å². The van der Waals surface area contributed by atoms with Crippen LogP contribution in [0.15, 0.2) is 53.1 Å². The average Bonchev–Trinajstić information content (AvgIpc) is 2.54. The molecule has 0 bridgehead atoms. The van der Waals surface area contributed by atoms with Crippen molar-refractivity contribution in [1.29, 1.82) is 0 Å². The van der Waals surface area contributed by atoms with Crippen LogP contribution in [0.1, 0.15) is 15.9 Å². The molecule has 0 atom stereocenters. The molecule has 23 heavy (non-hydrogen) atoms. The van der Waals surface area contributed by atoms with Crippen molar-refractivity contribution in [2.24, 2.45) is 0 Å². The molecule has 0 aliphatic heterocycles. The summed E-state index contributed by atoms with van der Waals surface area (Å²) in [6.07, 6.45) is 2.14. The van der Waals surface area contributed by atoms with Crippen molar-refractivity contribution < 1.29 is 19.2 Å². The summed E-state index contributed by atoms with van der Waals surface area (Å²) in [6, 6.07) is 11.4. The highest BCUT2D eigenvalue weighted by Crippen LogP contribution is 2.29. The van der Waals surface area contributed by atoms with Crippen LogP contribution < -0.4 is 9.47 Å². The molecule has 0 N–H and O–H groups in total. The van der Waals surface area contributed by atoms with E-state index in [4.69, 9.17) is 9.47 Å². The number of nitro groups is 1. The topological polar surface area (TPSA) is 78.7 Å². The second-order valence-corrected chi connectivity index (χ2v) is 5.32. The first-order valence-corrected chi connectivity index (χ1v) is 7.26. The van der Waals surface area contributed by atoms with Crippen LogP contribution in [0.4, 0.5) is 0 Å². The first-order chi connectivity index (χ1) is 11.0. The molecule has 6 nitrogen and oxygen atoms in total. The van der Waals surface area contributed by atoms with Gasteiger partial charge < -0.3 is 9.47 Å². The van der Waals surface area contributed by atoms with E-state index in [0.717, 1.165) is 10.7 Å². The standard InChI is InChI=1S/C16H12BrNO5/c1-22-15-10-11(8-9-18(20)21)2-7-14(15)23-16(19)12-3-5-13(17)6-4-12/h2-10H,1H3/b9-8+. The Morgan fingerprint density at radius 2 is 1.87 bits per heavy atom. The summed E-state index contributed by atoms with van der Waals surface area (Å²) in [5.74, 6) is 0.0176. The third-order valence-electron chi connectivity index (χ3n) is 2.86. The van der Waals surface area contributed by atoms with Crippen LogP contribution in [0, 0.1) is 10.1 Å². The number of ether oxygens (including phenoxy) is 2. The lowest BCUT2D eigenvalue weighted by molar-refractivity contribution is -0.400. The second-order valence-electron chi connectivity index (χ2n) is 4.41. The molecule has 7 heteroatoms. The second kappa shape index (κ2) is 7.55. The van der Waals surface area contributed by atoms with Crippen molar-refractivity contribution in [1.82, 2.24) is 0 Å². The summed E-state index contributed by atoms with van der Waals surface area (Å²) in [7, 11) is 1.42. The maximum absolute atomic E-state index is 12.1. The average molecular weight is 378 g/mol. The molecule has 0 radical (unpaired) electrons. The predicted octanol–water partition coefficient (Wildman–Crippen LogP) is 3.92. The first kappa shape index (κ1) is 16.7. The van der Waals surface area contributed by atoms with Gasteiger partial charge in [0.1, 0.15) is 0 Å². The van der Waals surface area contributed by atoms with E-state index in [0.29, 0.717) is 16.9 Å². The number of hydrogen-bond donors (Lipinski definition) is 0. The molecule has 2 rings (SSSR count). The van der Waals surface area contributed by atoms with Crippen molar-refractivity contribution in [3.8, 4) is 11.5 Å². The molecular weight excluding hydrogens is 366 g/mol. The Morgan fingerprint density at radius 3 is 2.48 bits per heavy atom. The first-order valence-electron chi connectivity index (χ1n) is 6.47. The molecule has 2 aromatic rings. The molecule has 0 aromatic heterocycles. The number of hydrogen-bond acceptors (Lipinski definition) is 5. The smallest absolute Gasteiger partial charge is 0.343 e. The number of rotatable bonds is 5. The molecule has 0 spiro atoms. The summed E-state index contributed by atoms with van der Waals surface area (Å²) >= 11 is 3.29. The van der Waals surface area contributed by atoms with Gasteiger partial charge in [-0.15, -0.1) is 0 Å². The fraction of sp³-hybridized carbons (Fsp3) is 0.0625. The Balaban J connectivity index is 2.20. The van der Waals surface area contributed by atoms with Crippen LogP contribution in [-0.2, 0) is 0 Å². The van der Waals surface area contributed by atoms with Gasteiger partial charge in [0.05, 0.1) is 17.6 Å².